The lowest BCUT2D eigenvalue weighted by Crippen LogP contribution is -2.33. The summed E-state index contributed by atoms with van der Waals surface area (Å²) in [4.78, 5) is 0. The van der Waals surface area contributed by atoms with Gasteiger partial charge in [0.1, 0.15) is 18.5 Å². The molecule has 108 valence electrons. The van der Waals surface area contributed by atoms with Crippen LogP contribution < -0.4 is 10.1 Å². The summed E-state index contributed by atoms with van der Waals surface area (Å²) >= 11 is 0. The number of aryl methyl sites for hydroxylation is 2. The molecule has 0 bridgehead atoms. The van der Waals surface area contributed by atoms with E-state index in [0.717, 1.165) is 24.5 Å². The predicted molar refractivity (Wildman–Crippen MR) is 76.8 cm³/mol. The minimum absolute atomic E-state index is 0.297. The second-order valence-corrected chi connectivity index (χ2v) is 4.63. The summed E-state index contributed by atoms with van der Waals surface area (Å²) in [7, 11) is 0. The first-order chi connectivity index (χ1) is 9.13. The van der Waals surface area contributed by atoms with Crippen molar-refractivity contribution in [1.29, 1.82) is 0 Å². The second-order valence-electron chi connectivity index (χ2n) is 4.63. The Morgan fingerprint density at radius 1 is 1.32 bits per heavy atom. The number of hydrogen-bond donors (Lipinski definition) is 2. The molecule has 19 heavy (non-hydrogen) atoms. The molecule has 0 spiro atoms. The molecule has 1 rings (SSSR count). The number of benzene rings is 1. The van der Waals surface area contributed by atoms with E-state index >= 15 is 0 Å². The largest absolute Gasteiger partial charge is 0.491 e. The van der Waals surface area contributed by atoms with E-state index in [9.17, 15) is 5.11 Å². The molecule has 0 fully saturated rings. The van der Waals surface area contributed by atoms with Crippen molar-refractivity contribution in [3.63, 3.8) is 0 Å². The first kappa shape index (κ1) is 16.0. The molecule has 0 aromatic heterocycles. The molecule has 0 radical (unpaired) electrons. The first-order valence-corrected chi connectivity index (χ1v) is 6.80. The number of aliphatic hydroxyl groups is 1. The van der Waals surface area contributed by atoms with E-state index in [0.29, 0.717) is 19.8 Å². The molecule has 1 unspecified atom stereocenters. The molecule has 1 aromatic carbocycles. The highest BCUT2D eigenvalue weighted by Crippen LogP contribution is 2.18. The zero-order valence-electron chi connectivity index (χ0n) is 12.1. The van der Waals surface area contributed by atoms with Crippen LogP contribution in [0.4, 0.5) is 0 Å². The highest BCUT2D eigenvalue weighted by molar-refractivity contribution is 5.35. The van der Waals surface area contributed by atoms with Gasteiger partial charge in [-0.2, -0.15) is 0 Å². The second kappa shape index (κ2) is 8.91. The molecule has 1 aromatic rings. The third-order valence-electron chi connectivity index (χ3n) is 2.77. The summed E-state index contributed by atoms with van der Waals surface area (Å²) in [5, 5.41) is 12.9. The van der Waals surface area contributed by atoms with Gasteiger partial charge in [0.15, 0.2) is 0 Å². The van der Waals surface area contributed by atoms with Crippen LogP contribution in [0.15, 0.2) is 18.2 Å². The van der Waals surface area contributed by atoms with E-state index in [1.54, 1.807) is 0 Å². The van der Waals surface area contributed by atoms with Gasteiger partial charge in [-0.1, -0.05) is 17.7 Å². The molecule has 2 N–H and O–H groups in total. The van der Waals surface area contributed by atoms with E-state index in [2.05, 4.69) is 11.4 Å². The lowest BCUT2D eigenvalue weighted by atomic mass is 10.1. The highest BCUT2D eigenvalue weighted by Gasteiger charge is 2.06. The van der Waals surface area contributed by atoms with E-state index in [1.807, 2.05) is 32.9 Å². The fourth-order valence-electron chi connectivity index (χ4n) is 1.76. The van der Waals surface area contributed by atoms with Gasteiger partial charge in [0.2, 0.25) is 0 Å². The molecule has 4 heteroatoms. The number of aliphatic hydroxyl groups excluding tert-OH is 1. The minimum Gasteiger partial charge on any atom is -0.491 e. The average Bonchev–Trinajstić information content (AvgIpc) is 2.37. The van der Waals surface area contributed by atoms with Crippen LogP contribution in [0.1, 0.15) is 18.1 Å². The minimum atomic E-state index is -0.512. The number of nitrogens with one attached hydrogen (secondary N) is 1. The summed E-state index contributed by atoms with van der Waals surface area (Å²) in [6, 6.07) is 6.02. The molecule has 0 saturated heterocycles. The lowest BCUT2D eigenvalue weighted by Gasteiger charge is -2.14. The van der Waals surface area contributed by atoms with Crippen LogP contribution in [-0.4, -0.2) is 44.1 Å². The van der Waals surface area contributed by atoms with Gasteiger partial charge in [0.25, 0.3) is 0 Å². The van der Waals surface area contributed by atoms with Crippen LogP contribution in [-0.2, 0) is 4.74 Å². The fourth-order valence-corrected chi connectivity index (χ4v) is 1.76. The Balaban J connectivity index is 2.20. The van der Waals surface area contributed by atoms with Crippen molar-refractivity contribution < 1.29 is 14.6 Å². The third-order valence-corrected chi connectivity index (χ3v) is 2.77. The van der Waals surface area contributed by atoms with Gasteiger partial charge in [-0.05, 0) is 32.4 Å². The quantitative estimate of drug-likeness (QED) is 0.668. The Labute approximate surface area is 115 Å². The summed E-state index contributed by atoms with van der Waals surface area (Å²) in [5.74, 6) is 0.832. The van der Waals surface area contributed by atoms with Crippen LogP contribution in [0, 0.1) is 13.8 Å². The first-order valence-electron chi connectivity index (χ1n) is 6.80. The molecule has 0 aliphatic heterocycles. The molecule has 0 amide bonds. The summed E-state index contributed by atoms with van der Waals surface area (Å²) in [5.41, 5.74) is 2.31. The maximum Gasteiger partial charge on any atom is 0.122 e. The fraction of sp³-hybridized carbons (Fsp3) is 0.600. The smallest absolute Gasteiger partial charge is 0.122 e. The topological polar surface area (TPSA) is 50.7 Å². The maximum atomic E-state index is 9.78. The van der Waals surface area contributed by atoms with Crippen molar-refractivity contribution in [2.45, 2.75) is 26.9 Å². The molecule has 1 atom stereocenters. The van der Waals surface area contributed by atoms with Crippen molar-refractivity contribution in [1.82, 2.24) is 5.32 Å². The summed E-state index contributed by atoms with van der Waals surface area (Å²) < 4.78 is 10.8. The Morgan fingerprint density at radius 3 is 2.79 bits per heavy atom. The van der Waals surface area contributed by atoms with Gasteiger partial charge >= 0.3 is 0 Å². The Kier molecular flexibility index (Phi) is 7.48. The van der Waals surface area contributed by atoms with Gasteiger partial charge in [-0.25, -0.2) is 0 Å². The molecule has 4 nitrogen and oxygen atoms in total. The molecule has 0 aliphatic carbocycles. The number of hydrogen-bond acceptors (Lipinski definition) is 4. The average molecular weight is 267 g/mol. The van der Waals surface area contributed by atoms with E-state index in [-0.39, 0.29) is 0 Å². The van der Waals surface area contributed by atoms with E-state index < -0.39 is 6.10 Å². The van der Waals surface area contributed by atoms with Gasteiger partial charge < -0.3 is 19.9 Å². The third kappa shape index (κ3) is 6.57. The van der Waals surface area contributed by atoms with Gasteiger partial charge in [-0.15, -0.1) is 0 Å². The van der Waals surface area contributed by atoms with Crippen LogP contribution >= 0.6 is 0 Å². The van der Waals surface area contributed by atoms with Crippen LogP contribution in [0.3, 0.4) is 0 Å². The van der Waals surface area contributed by atoms with Gasteiger partial charge in [0, 0.05) is 19.7 Å². The predicted octanol–water partition coefficient (Wildman–Crippen LogP) is 1.67. The molecule has 0 saturated carbocycles. The van der Waals surface area contributed by atoms with Gasteiger partial charge in [-0.3, -0.25) is 0 Å². The maximum absolute atomic E-state index is 9.78. The standard InChI is InChI=1S/C15H25NO3/c1-4-18-8-7-16-10-14(17)11-19-15-6-5-12(2)9-13(15)3/h5-6,9,14,16-17H,4,7-8,10-11H2,1-3H3. The zero-order chi connectivity index (χ0) is 14.1. The van der Waals surface area contributed by atoms with E-state index in [4.69, 9.17) is 9.47 Å². The van der Waals surface area contributed by atoms with Crippen molar-refractivity contribution in [2.24, 2.45) is 0 Å². The van der Waals surface area contributed by atoms with Gasteiger partial charge in [0.05, 0.1) is 6.61 Å². The zero-order valence-corrected chi connectivity index (χ0v) is 12.1. The highest BCUT2D eigenvalue weighted by atomic mass is 16.5. The monoisotopic (exact) mass is 267 g/mol. The van der Waals surface area contributed by atoms with E-state index in [1.165, 1.54) is 5.56 Å². The Hall–Kier alpha value is -1.10. The van der Waals surface area contributed by atoms with Crippen molar-refractivity contribution in [3.05, 3.63) is 29.3 Å². The van der Waals surface area contributed by atoms with Crippen molar-refractivity contribution >= 4 is 0 Å². The van der Waals surface area contributed by atoms with Crippen molar-refractivity contribution in [3.8, 4) is 5.75 Å². The SMILES string of the molecule is CCOCCNCC(O)COc1ccc(C)cc1C. The van der Waals surface area contributed by atoms with Crippen LogP contribution in [0.2, 0.25) is 0 Å². The Morgan fingerprint density at radius 2 is 2.11 bits per heavy atom. The number of ether oxygens (including phenoxy) is 2. The molecule has 0 heterocycles. The molecular formula is C15H25NO3. The summed E-state index contributed by atoms with van der Waals surface area (Å²) in [6.45, 7) is 8.97. The van der Waals surface area contributed by atoms with Crippen LogP contribution in [0.5, 0.6) is 5.75 Å². The lowest BCUT2D eigenvalue weighted by molar-refractivity contribution is 0.100. The number of rotatable bonds is 9. The molecule has 0 aliphatic rings. The summed E-state index contributed by atoms with van der Waals surface area (Å²) in [6.07, 6.45) is -0.512. The van der Waals surface area contributed by atoms with Crippen LogP contribution in [0.25, 0.3) is 0 Å². The molecular weight excluding hydrogens is 242 g/mol. The van der Waals surface area contributed by atoms with Crippen molar-refractivity contribution in [2.75, 3.05) is 32.9 Å². The normalized spacial score (nSPS) is 12.4. The Bertz CT molecular complexity index is 368.